The maximum absolute atomic E-state index is 13.5. The highest BCUT2D eigenvalue weighted by molar-refractivity contribution is 6.31. The molecule has 1 aliphatic heterocycles. The Morgan fingerprint density at radius 1 is 1.05 bits per heavy atom. The van der Waals surface area contributed by atoms with Crippen LogP contribution >= 0.6 is 23.2 Å². The third-order valence-corrected chi connectivity index (χ3v) is 7.90. The summed E-state index contributed by atoms with van der Waals surface area (Å²) in [6.07, 6.45) is -5.87. The molecule has 6 rings (SSSR count). The molecule has 4 aliphatic rings. The van der Waals surface area contributed by atoms with Crippen molar-refractivity contribution in [2.75, 3.05) is 18.1 Å². The molecule has 0 aromatic heterocycles. The quantitative estimate of drug-likeness (QED) is 0.388. The second-order valence-corrected chi connectivity index (χ2v) is 11.5. The minimum atomic E-state index is -4.38. The fourth-order valence-electron chi connectivity index (χ4n) is 5.65. The number of carbonyl (C=O) groups excluding carboxylic acids is 3. The van der Waals surface area contributed by atoms with Crippen molar-refractivity contribution >= 4 is 46.6 Å². The van der Waals surface area contributed by atoms with Crippen molar-refractivity contribution in [1.29, 1.82) is 0 Å². The molecule has 220 valence electrons. The van der Waals surface area contributed by atoms with E-state index >= 15 is 0 Å². The highest BCUT2D eigenvalue weighted by atomic mass is 35.5. The van der Waals surface area contributed by atoms with Crippen LogP contribution in [0.1, 0.15) is 38.5 Å². The van der Waals surface area contributed by atoms with Crippen LogP contribution in [0.2, 0.25) is 10.0 Å². The van der Waals surface area contributed by atoms with Gasteiger partial charge in [0.1, 0.15) is 17.3 Å². The number of rotatable bonds is 9. The Balaban J connectivity index is 1.14. The summed E-state index contributed by atoms with van der Waals surface area (Å²) in [5.41, 5.74) is -0.749. The Labute approximate surface area is 242 Å². The highest BCUT2D eigenvalue weighted by Crippen LogP contribution is 2.60. The number of benzene rings is 2. The molecule has 2 N–H and O–H groups in total. The van der Waals surface area contributed by atoms with Crippen LogP contribution < -0.4 is 25.0 Å². The lowest BCUT2D eigenvalue weighted by Gasteiger charge is -2.70. The lowest BCUT2D eigenvalue weighted by molar-refractivity contribution is -0.153. The molecule has 0 radical (unpaired) electrons. The Morgan fingerprint density at radius 3 is 2.44 bits per heavy atom. The van der Waals surface area contributed by atoms with Gasteiger partial charge in [-0.2, -0.15) is 13.2 Å². The topological polar surface area (TPSA) is 97.0 Å². The maximum atomic E-state index is 13.5. The molecule has 41 heavy (non-hydrogen) atoms. The average molecular weight is 618 g/mol. The third kappa shape index (κ3) is 6.48. The minimum Gasteiger partial charge on any atom is -0.484 e. The van der Waals surface area contributed by atoms with Crippen LogP contribution in [0.3, 0.4) is 0 Å². The molecular formula is C27H25Cl2F4N3O5. The second-order valence-electron chi connectivity index (χ2n) is 10.7. The van der Waals surface area contributed by atoms with E-state index in [2.05, 4.69) is 10.6 Å². The predicted molar refractivity (Wildman–Crippen MR) is 141 cm³/mol. The van der Waals surface area contributed by atoms with E-state index < -0.39 is 53.3 Å². The summed E-state index contributed by atoms with van der Waals surface area (Å²) >= 11 is 11.7. The van der Waals surface area contributed by atoms with Gasteiger partial charge >= 0.3 is 6.18 Å². The number of hydrogen-bond acceptors (Lipinski definition) is 5. The largest absolute Gasteiger partial charge is 0.484 e. The summed E-state index contributed by atoms with van der Waals surface area (Å²) in [6.45, 7) is -0.515. The van der Waals surface area contributed by atoms with Gasteiger partial charge in [-0.3, -0.25) is 14.4 Å². The predicted octanol–water partition coefficient (Wildman–Crippen LogP) is 4.95. The molecule has 1 heterocycles. The molecule has 1 atom stereocenters. The number of hydrogen-bond donors (Lipinski definition) is 2. The van der Waals surface area contributed by atoms with Crippen molar-refractivity contribution in [3.8, 4) is 11.5 Å². The number of halogens is 6. The van der Waals surface area contributed by atoms with E-state index in [0.717, 1.165) is 6.07 Å². The van der Waals surface area contributed by atoms with E-state index in [1.807, 2.05) is 0 Å². The highest BCUT2D eigenvalue weighted by Gasteiger charge is 2.69. The van der Waals surface area contributed by atoms with Crippen molar-refractivity contribution in [2.45, 2.75) is 61.9 Å². The van der Waals surface area contributed by atoms with Gasteiger partial charge in [0.2, 0.25) is 5.91 Å². The minimum absolute atomic E-state index is 0.0597. The summed E-state index contributed by atoms with van der Waals surface area (Å²) < 4.78 is 62.4. The second kappa shape index (κ2) is 10.9. The van der Waals surface area contributed by atoms with Gasteiger partial charge in [-0.05, 0) is 56.0 Å². The number of anilines is 1. The third-order valence-electron chi connectivity index (χ3n) is 7.36. The molecule has 2 bridgehead atoms. The SMILES string of the molecule is O=C(COc1ccc(Cl)c(F)c1)NC12CC(NC(=O)C3CN(C(=O)CCCC(F)(F)F)c4cc(Cl)ccc4O3)(C1)C2. The number of ether oxygens (including phenoxy) is 2. The van der Waals surface area contributed by atoms with Crippen molar-refractivity contribution in [1.82, 2.24) is 10.6 Å². The van der Waals surface area contributed by atoms with Gasteiger partial charge in [-0.25, -0.2) is 4.39 Å². The van der Waals surface area contributed by atoms with Gasteiger partial charge in [0, 0.05) is 35.0 Å². The van der Waals surface area contributed by atoms with Crippen LogP contribution in [0.4, 0.5) is 23.2 Å². The number of nitrogens with one attached hydrogen (secondary N) is 2. The van der Waals surface area contributed by atoms with E-state index in [1.165, 1.54) is 35.2 Å². The van der Waals surface area contributed by atoms with Gasteiger partial charge in [-0.15, -0.1) is 0 Å². The van der Waals surface area contributed by atoms with Crippen molar-refractivity contribution in [3.63, 3.8) is 0 Å². The molecule has 1 unspecified atom stereocenters. The van der Waals surface area contributed by atoms with E-state index in [0.29, 0.717) is 24.3 Å². The van der Waals surface area contributed by atoms with E-state index in [1.54, 1.807) is 0 Å². The van der Waals surface area contributed by atoms with Crippen molar-refractivity contribution < 1.29 is 41.4 Å². The molecule has 14 heteroatoms. The van der Waals surface area contributed by atoms with E-state index in [-0.39, 0.29) is 48.2 Å². The summed E-state index contributed by atoms with van der Waals surface area (Å²) in [5, 5.41) is 6.08. The monoisotopic (exact) mass is 617 g/mol. The van der Waals surface area contributed by atoms with Gasteiger partial charge < -0.3 is 25.0 Å². The van der Waals surface area contributed by atoms with Crippen LogP contribution in [-0.2, 0) is 14.4 Å². The Bertz CT molecular complexity index is 1370. The molecule has 2 aromatic carbocycles. The molecule has 3 aliphatic carbocycles. The fraction of sp³-hybridized carbons (Fsp3) is 0.444. The first-order valence-corrected chi connectivity index (χ1v) is 13.6. The average Bonchev–Trinajstić information content (AvgIpc) is 2.85. The number of amides is 3. The molecule has 3 amide bonds. The normalized spacial score (nSPS) is 24.2. The first-order valence-electron chi connectivity index (χ1n) is 12.8. The molecule has 0 saturated heterocycles. The molecule has 3 saturated carbocycles. The Kier molecular flexibility index (Phi) is 7.75. The molecule has 3 fully saturated rings. The van der Waals surface area contributed by atoms with Gasteiger partial charge in [0.15, 0.2) is 12.7 Å². The van der Waals surface area contributed by atoms with Gasteiger partial charge in [0.05, 0.1) is 17.3 Å². The van der Waals surface area contributed by atoms with E-state index in [9.17, 15) is 31.9 Å². The lowest BCUT2D eigenvalue weighted by atomic mass is 9.44. The lowest BCUT2D eigenvalue weighted by Crippen LogP contribution is -2.84. The summed E-state index contributed by atoms with van der Waals surface area (Å²) in [7, 11) is 0. The van der Waals surface area contributed by atoms with Crippen LogP contribution in [0, 0.1) is 5.82 Å². The zero-order valence-electron chi connectivity index (χ0n) is 21.5. The zero-order valence-corrected chi connectivity index (χ0v) is 23.0. The van der Waals surface area contributed by atoms with Gasteiger partial charge in [0.25, 0.3) is 11.8 Å². The smallest absolute Gasteiger partial charge is 0.389 e. The van der Waals surface area contributed by atoms with Crippen LogP contribution in [-0.4, -0.2) is 54.2 Å². The van der Waals surface area contributed by atoms with Crippen LogP contribution in [0.5, 0.6) is 11.5 Å². The number of alkyl halides is 3. The summed E-state index contributed by atoms with van der Waals surface area (Å²) in [5.74, 6) is -1.74. The first kappa shape index (κ1) is 29.2. The Hall–Kier alpha value is -3.25. The van der Waals surface area contributed by atoms with Crippen LogP contribution in [0.25, 0.3) is 0 Å². The molecule has 8 nitrogen and oxygen atoms in total. The van der Waals surface area contributed by atoms with E-state index in [4.69, 9.17) is 32.7 Å². The maximum Gasteiger partial charge on any atom is 0.389 e. The Morgan fingerprint density at radius 2 is 1.76 bits per heavy atom. The fourth-order valence-corrected chi connectivity index (χ4v) is 5.93. The van der Waals surface area contributed by atoms with Crippen molar-refractivity contribution in [2.24, 2.45) is 0 Å². The molecule has 2 aromatic rings. The standard InChI is InChI=1S/C27H25Cl2F4N3O5/c28-15-3-6-20-19(8-15)36(23(38)2-1-7-27(31,32)33)10-21(41-20)24(39)35-26-12-25(13-26,14-26)34-22(37)11-40-16-4-5-17(29)18(30)9-16/h3-6,8-9,21H,1-2,7,10-14H2,(H,34,37)(H,35,39). The number of fused-ring (bicyclic) bond motifs is 1. The number of carbonyl (C=O) groups is 3. The molecule has 0 spiro atoms. The number of nitrogens with zero attached hydrogens (tertiary/aromatic N) is 1. The summed E-state index contributed by atoms with van der Waals surface area (Å²) in [4.78, 5) is 39.6. The van der Waals surface area contributed by atoms with Crippen LogP contribution in [0.15, 0.2) is 36.4 Å². The van der Waals surface area contributed by atoms with Gasteiger partial charge in [-0.1, -0.05) is 23.2 Å². The molecular weight excluding hydrogens is 593 g/mol. The summed E-state index contributed by atoms with van der Waals surface area (Å²) in [6, 6.07) is 8.34. The van der Waals surface area contributed by atoms with Crippen molar-refractivity contribution in [3.05, 3.63) is 52.3 Å². The first-order chi connectivity index (χ1) is 19.3. The zero-order chi connectivity index (χ0) is 29.6.